The first-order valence-corrected chi connectivity index (χ1v) is 10.0. The number of nitrogens with zero attached hydrogens (tertiary/aromatic N) is 1. The lowest BCUT2D eigenvalue weighted by atomic mass is 9.80. The summed E-state index contributed by atoms with van der Waals surface area (Å²) in [5.41, 5.74) is 1.50. The maximum Gasteiger partial charge on any atom is 0.410 e. The molecule has 2 heterocycles. The highest BCUT2D eigenvalue weighted by Crippen LogP contribution is 2.34. The molecule has 5 nitrogen and oxygen atoms in total. The molecule has 0 radical (unpaired) electrons. The van der Waals surface area contributed by atoms with Crippen LogP contribution in [0.1, 0.15) is 62.9 Å². The Morgan fingerprint density at radius 3 is 2.22 bits per heavy atom. The zero-order valence-corrected chi connectivity index (χ0v) is 16.9. The fourth-order valence-electron chi connectivity index (χ4n) is 4.10. The minimum absolute atomic E-state index is 0.0698. The van der Waals surface area contributed by atoms with E-state index >= 15 is 0 Å². The van der Waals surface area contributed by atoms with Gasteiger partial charge in [0.2, 0.25) is 0 Å². The largest absolute Gasteiger partial charge is 0.444 e. The Morgan fingerprint density at radius 2 is 1.70 bits per heavy atom. The minimum Gasteiger partial charge on any atom is -0.444 e. The molecule has 2 aliphatic rings. The normalized spacial score (nSPS) is 25.2. The molecular formula is C22H31NO4. The molecular weight excluding hydrogens is 342 g/mol. The van der Waals surface area contributed by atoms with Crippen molar-refractivity contribution in [1.29, 1.82) is 0 Å². The van der Waals surface area contributed by atoms with Gasteiger partial charge in [0.15, 0.2) is 5.78 Å². The van der Waals surface area contributed by atoms with E-state index in [2.05, 4.69) is 19.1 Å². The van der Waals surface area contributed by atoms with E-state index in [1.54, 1.807) is 0 Å². The van der Waals surface area contributed by atoms with Crippen molar-refractivity contribution >= 4 is 11.9 Å². The highest BCUT2D eigenvalue weighted by molar-refractivity contribution is 5.98. The topological polar surface area (TPSA) is 55.8 Å². The summed E-state index contributed by atoms with van der Waals surface area (Å²) < 4.78 is 11.2. The van der Waals surface area contributed by atoms with E-state index in [4.69, 9.17) is 9.47 Å². The molecule has 148 valence electrons. The third-order valence-electron chi connectivity index (χ3n) is 5.27. The first-order valence-electron chi connectivity index (χ1n) is 10.0. The number of carbonyl (C=O) groups is 2. The van der Waals surface area contributed by atoms with Crippen molar-refractivity contribution in [3.05, 3.63) is 35.4 Å². The number of ketones is 1. The summed E-state index contributed by atoms with van der Waals surface area (Å²) in [4.78, 5) is 27.5. The predicted molar refractivity (Wildman–Crippen MR) is 104 cm³/mol. The van der Waals surface area contributed by atoms with Crippen molar-refractivity contribution in [3.63, 3.8) is 0 Å². The van der Waals surface area contributed by atoms with Gasteiger partial charge in [-0.05, 0) is 45.6 Å². The van der Waals surface area contributed by atoms with Gasteiger partial charge in [-0.15, -0.1) is 0 Å². The summed E-state index contributed by atoms with van der Waals surface area (Å²) in [5.74, 6) is 0.110. The van der Waals surface area contributed by atoms with E-state index in [1.807, 2.05) is 37.8 Å². The predicted octanol–water partition coefficient (Wildman–Crippen LogP) is 4.24. The van der Waals surface area contributed by atoms with Crippen molar-refractivity contribution in [2.24, 2.45) is 5.92 Å². The highest BCUT2D eigenvalue weighted by Gasteiger charge is 2.45. The number of carbonyl (C=O) groups excluding carboxylic acids is 2. The number of rotatable bonds is 4. The van der Waals surface area contributed by atoms with Crippen LogP contribution in [0.2, 0.25) is 0 Å². The zero-order valence-electron chi connectivity index (χ0n) is 16.9. The molecule has 3 rings (SSSR count). The molecule has 2 fully saturated rings. The molecule has 0 spiro atoms. The number of hydrogen-bond donors (Lipinski definition) is 0. The smallest absolute Gasteiger partial charge is 0.410 e. The fraction of sp³-hybridized carbons (Fsp3) is 0.636. The van der Waals surface area contributed by atoms with Crippen molar-refractivity contribution in [2.45, 2.75) is 71.1 Å². The van der Waals surface area contributed by atoms with Crippen LogP contribution in [0.15, 0.2) is 24.3 Å². The van der Waals surface area contributed by atoms with E-state index in [1.165, 1.54) is 5.56 Å². The van der Waals surface area contributed by atoms with Gasteiger partial charge in [-0.3, -0.25) is 9.69 Å². The molecule has 2 unspecified atom stereocenters. The number of fused-ring (bicyclic) bond motifs is 2. The summed E-state index contributed by atoms with van der Waals surface area (Å²) in [6.45, 7) is 8.70. The number of piperidine rings is 1. The molecule has 1 amide bonds. The van der Waals surface area contributed by atoms with Crippen molar-refractivity contribution in [2.75, 3.05) is 13.2 Å². The molecule has 2 bridgehead atoms. The van der Waals surface area contributed by atoms with E-state index < -0.39 is 5.60 Å². The average Bonchev–Trinajstić information content (AvgIpc) is 2.59. The highest BCUT2D eigenvalue weighted by atomic mass is 16.6. The second-order valence-corrected chi connectivity index (χ2v) is 8.71. The van der Waals surface area contributed by atoms with Gasteiger partial charge in [0.1, 0.15) is 5.60 Å². The second kappa shape index (κ2) is 8.01. The molecule has 0 N–H and O–H groups in total. The minimum atomic E-state index is -0.529. The van der Waals surface area contributed by atoms with Crippen LogP contribution in [0, 0.1) is 5.92 Å². The number of hydrogen-bond acceptors (Lipinski definition) is 4. The maximum atomic E-state index is 13.0. The average molecular weight is 373 g/mol. The lowest BCUT2D eigenvalue weighted by Gasteiger charge is -2.47. The first-order chi connectivity index (χ1) is 12.8. The Morgan fingerprint density at radius 1 is 1.11 bits per heavy atom. The summed E-state index contributed by atoms with van der Waals surface area (Å²) >= 11 is 0. The van der Waals surface area contributed by atoms with Crippen molar-refractivity contribution in [3.8, 4) is 0 Å². The van der Waals surface area contributed by atoms with Crippen molar-refractivity contribution in [1.82, 2.24) is 4.90 Å². The maximum absolute atomic E-state index is 13.0. The van der Waals surface area contributed by atoms with E-state index in [9.17, 15) is 9.59 Å². The van der Waals surface area contributed by atoms with E-state index in [0.717, 1.165) is 18.4 Å². The molecule has 1 aromatic rings. The number of amides is 1. The van der Waals surface area contributed by atoms with Gasteiger partial charge in [0.25, 0.3) is 0 Å². The fourth-order valence-corrected chi connectivity index (χ4v) is 4.10. The van der Waals surface area contributed by atoms with Gasteiger partial charge in [0.05, 0.1) is 25.3 Å². The van der Waals surface area contributed by atoms with Crippen LogP contribution in [0.5, 0.6) is 0 Å². The van der Waals surface area contributed by atoms with Gasteiger partial charge in [-0.25, -0.2) is 4.79 Å². The standard InChI is InChI=1S/C22H31NO4/c1-5-6-15-7-9-16(10-8-15)20(24)17-11-18-13-26-14-19(12-17)23(18)21(25)27-22(2,3)4/h7-10,17-19H,5-6,11-14H2,1-4H3. The number of aryl methyl sites for hydroxylation is 1. The number of benzene rings is 1. The van der Waals surface area contributed by atoms with Crippen LogP contribution < -0.4 is 0 Å². The second-order valence-electron chi connectivity index (χ2n) is 8.71. The Bertz CT molecular complexity index is 663. The monoisotopic (exact) mass is 373 g/mol. The number of Topliss-reactive ketones (excluding diaryl/α,β-unsaturated/α-hetero) is 1. The zero-order chi connectivity index (χ0) is 19.6. The Kier molecular flexibility index (Phi) is 5.89. The van der Waals surface area contributed by atoms with E-state index in [-0.39, 0.29) is 29.9 Å². The molecule has 0 aliphatic carbocycles. The summed E-state index contributed by atoms with van der Waals surface area (Å²) in [6.07, 6.45) is 3.09. The molecule has 2 saturated heterocycles. The Hall–Kier alpha value is -1.88. The Labute approximate surface area is 162 Å². The van der Waals surface area contributed by atoms with Gasteiger partial charge in [-0.2, -0.15) is 0 Å². The number of morpholine rings is 1. The summed E-state index contributed by atoms with van der Waals surface area (Å²) in [6, 6.07) is 7.80. The molecule has 27 heavy (non-hydrogen) atoms. The molecule has 2 aliphatic heterocycles. The lowest BCUT2D eigenvalue weighted by molar-refractivity contribution is -0.0861. The third kappa shape index (κ3) is 4.70. The molecule has 5 heteroatoms. The first kappa shape index (κ1) is 19.9. The van der Waals surface area contributed by atoms with Gasteiger partial charge in [0, 0.05) is 11.5 Å². The third-order valence-corrected chi connectivity index (χ3v) is 5.27. The molecule has 1 aromatic carbocycles. The Balaban J connectivity index is 1.70. The molecule has 0 aromatic heterocycles. The molecule has 2 atom stereocenters. The quantitative estimate of drug-likeness (QED) is 0.741. The SMILES string of the molecule is CCCc1ccc(C(=O)C2CC3COCC(C2)N3C(=O)OC(C)(C)C)cc1. The van der Waals surface area contributed by atoms with Crippen LogP contribution in [0.3, 0.4) is 0 Å². The molecule has 0 saturated carbocycles. The lowest BCUT2D eigenvalue weighted by Crippen LogP contribution is -2.60. The van der Waals surface area contributed by atoms with Crippen LogP contribution in [-0.2, 0) is 15.9 Å². The summed E-state index contributed by atoms with van der Waals surface area (Å²) in [5, 5.41) is 0. The van der Waals surface area contributed by atoms with E-state index in [0.29, 0.717) is 26.1 Å². The summed E-state index contributed by atoms with van der Waals surface area (Å²) in [7, 11) is 0. The van der Waals surface area contributed by atoms with Crippen LogP contribution in [-0.4, -0.2) is 47.7 Å². The van der Waals surface area contributed by atoms with Gasteiger partial charge in [-0.1, -0.05) is 37.6 Å². The van der Waals surface area contributed by atoms with Gasteiger partial charge < -0.3 is 9.47 Å². The van der Waals surface area contributed by atoms with Crippen LogP contribution in [0.4, 0.5) is 4.79 Å². The van der Waals surface area contributed by atoms with Crippen LogP contribution in [0.25, 0.3) is 0 Å². The van der Waals surface area contributed by atoms with Crippen molar-refractivity contribution < 1.29 is 19.1 Å². The van der Waals surface area contributed by atoms with Gasteiger partial charge >= 0.3 is 6.09 Å². The number of ether oxygens (including phenoxy) is 2. The van der Waals surface area contributed by atoms with Crippen LogP contribution >= 0.6 is 0 Å².